The van der Waals surface area contributed by atoms with Gasteiger partial charge in [0.05, 0.1) is 12.7 Å². The van der Waals surface area contributed by atoms with Crippen molar-refractivity contribution in [2.24, 2.45) is 17.8 Å². The molecule has 1 heterocycles. The van der Waals surface area contributed by atoms with Crippen LogP contribution in [0.1, 0.15) is 40.0 Å². The van der Waals surface area contributed by atoms with Gasteiger partial charge in [0.15, 0.2) is 6.29 Å². The van der Waals surface area contributed by atoms with Crippen LogP contribution in [0.2, 0.25) is 0 Å². The fraction of sp³-hybridized carbons (Fsp3) is 1.00. The summed E-state index contributed by atoms with van der Waals surface area (Å²) in [5.41, 5.74) is 0. The van der Waals surface area contributed by atoms with Gasteiger partial charge in [-0.1, -0.05) is 27.2 Å². The van der Waals surface area contributed by atoms with Crippen molar-refractivity contribution in [3.63, 3.8) is 0 Å². The summed E-state index contributed by atoms with van der Waals surface area (Å²) in [5, 5.41) is 29.1. The normalized spacial score (nSPS) is 46.6. The van der Waals surface area contributed by atoms with E-state index in [2.05, 4.69) is 20.8 Å². The lowest BCUT2D eigenvalue weighted by atomic mass is 9.75. The molecule has 4 unspecified atom stereocenters. The zero-order valence-electron chi connectivity index (χ0n) is 12.6. The maximum Gasteiger partial charge on any atom is 0.186 e. The van der Waals surface area contributed by atoms with E-state index in [1.807, 2.05) is 0 Å². The monoisotopic (exact) mass is 288 g/mol. The molecule has 7 atom stereocenters. The Balaban J connectivity index is 1.99. The van der Waals surface area contributed by atoms with E-state index in [4.69, 9.17) is 9.47 Å². The molecule has 5 heteroatoms. The SMILES string of the molecule is CC1CCC(C(C)C)C(OC2OC[C@@H](O)[C@H](O)[C@H]2O)C1. The zero-order chi connectivity index (χ0) is 14.9. The smallest absolute Gasteiger partial charge is 0.186 e. The molecule has 2 fully saturated rings. The Labute approximate surface area is 120 Å². The second kappa shape index (κ2) is 6.71. The van der Waals surface area contributed by atoms with Crippen LogP contribution < -0.4 is 0 Å². The van der Waals surface area contributed by atoms with Crippen LogP contribution >= 0.6 is 0 Å². The fourth-order valence-corrected chi connectivity index (χ4v) is 3.34. The summed E-state index contributed by atoms with van der Waals surface area (Å²) in [4.78, 5) is 0. The van der Waals surface area contributed by atoms with Crippen molar-refractivity contribution < 1.29 is 24.8 Å². The van der Waals surface area contributed by atoms with Crippen LogP contribution in [0.3, 0.4) is 0 Å². The van der Waals surface area contributed by atoms with Crippen LogP contribution in [-0.4, -0.2) is 52.6 Å². The molecule has 1 aliphatic heterocycles. The van der Waals surface area contributed by atoms with Crippen molar-refractivity contribution in [2.75, 3.05) is 6.61 Å². The lowest BCUT2D eigenvalue weighted by Crippen LogP contribution is -2.55. The number of hydrogen-bond donors (Lipinski definition) is 3. The number of hydrogen-bond acceptors (Lipinski definition) is 5. The highest BCUT2D eigenvalue weighted by molar-refractivity contribution is 4.86. The van der Waals surface area contributed by atoms with E-state index in [0.717, 1.165) is 12.8 Å². The standard InChI is InChI=1S/C15H28O5/c1-8(2)10-5-4-9(3)6-12(10)20-15-14(18)13(17)11(16)7-19-15/h8-18H,4-7H2,1-3H3/t9?,10?,11-,12?,13+,14-,15?/m1/s1. The molecule has 0 amide bonds. The molecule has 1 saturated heterocycles. The second-order valence-electron chi connectivity index (χ2n) is 6.75. The van der Waals surface area contributed by atoms with Gasteiger partial charge in [-0.05, 0) is 30.6 Å². The summed E-state index contributed by atoms with van der Waals surface area (Å²) in [7, 11) is 0. The number of rotatable bonds is 3. The Morgan fingerprint density at radius 1 is 1.10 bits per heavy atom. The molecule has 20 heavy (non-hydrogen) atoms. The Hall–Kier alpha value is -0.200. The first kappa shape index (κ1) is 16.2. The molecule has 2 aliphatic rings. The van der Waals surface area contributed by atoms with Crippen LogP contribution in [0.25, 0.3) is 0 Å². The largest absolute Gasteiger partial charge is 0.388 e. The van der Waals surface area contributed by atoms with E-state index in [1.165, 1.54) is 6.42 Å². The predicted octanol–water partition coefficient (Wildman–Crippen LogP) is 0.903. The van der Waals surface area contributed by atoms with Gasteiger partial charge in [0.25, 0.3) is 0 Å². The quantitative estimate of drug-likeness (QED) is 0.719. The molecule has 0 aromatic heterocycles. The van der Waals surface area contributed by atoms with Crippen molar-refractivity contribution in [3.8, 4) is 0 Å². The highest BCUT2D eigenvalue weighted by Gasteiger charge is 2.41. The third kappa shape index (κ3) is 3.52. The molecular formula is C15H28O5. The summed E-state index contributed by atoms with van der Waals surface area (Å²) < 4.78 is 11.3. The van der Waals surface area contributed by atoms with E-state index in [-0.39, 0.29) is 12.7 Å². The molecule has 0 spiro atoms. The molecule has 1 aliphatic carbocycles. The van der Waals surface area contributed by atoms with Crippen molar-refractivity contribution in [2.45, 2.75) is 70.7 Å². The highest BCUT2D eigenvalue weighted by Crippen LogP contribution is 2.36. The highest BCUT2D eigenvalue weighted by atomic mass is 16.7. The Bertz CT molecular complexity index is 309. The average molecular weight is 288 g/mol. The molecule has 0 aromatic carbocycles. The minimum absolute atomic E-state index is 0.00247. The minimum atomic E-state index is -1.20. The van der Waals surface area contributed by atoms with Gasteiger partial charge in [0.1, 0.15) is 18.3 Å². The first-order valence-corrected chi connectivity index (χ1v) is 7.71. The van der Waals surface area contributed by atoms with E-state index < -0.39 is 24.6 Å². The lowest BCUT2D eigenvalue weighted by molar-refractivity contribution is -0.291. The van der Waals surface area contributed by atoms with Gasteiger partial charge in [0.2, 0.25) is 0 Å². The van der Waals surface area contributed by atoms with Crippen LogP contribution in [0, 0.1) is 17.8 Å². The van der Waals surface area contributed by atoms with Gasteiger partial charge < -0.3 is 24.8 Å². The first-order chi connectivity index (χ1) is 9.40. The first-order valence-electron chi connectivity index (χ1n) is 7.71. The van der Waals surface area contributed by atoms with E-state index in [0.29, 0.717) is 17.8 Å². The fourth-order valence-electron chi connectivity index (χ4n) is 3.34. The Morgan fingerprint density at radius 3 is 2.45 bits per heavy atom. The van der Waals surface area contributed by atoms with E-state index in [9.17, 15) is 15.3 Å². The van der Waals surface area contributed by atoms with Crippen molar-refractivity contribution in [1.29, 1.82) is 0 Å². The Morgan fingerprint density at radius 2 is 1.80 bits per heavy atom. The molecule has 118 valence electrons. The maximum absolute atomic E-state index is 9.97. The van der Waals surface area contributed by atoms with Crippen molar-refractivity contribution >= 4 is 0 Å². The van der Waals surface area contributed by atoms with Gasteiger partial charge in [-0.25, -0.2) is 0 Å². The van der Waals surface area contributed by atoms with Gasteiger partial charge in [-0.3, -0.25) is 0 Å². The number of ether oxygens (including phenoxy) is 2. The van der Waals surface area contributed by atoms with E-state index >= 15 is 0 Å². The minimum Gasteiger partial charge on any atom is -0.388 e. The van der Waals surface area contributed by atoms with Crippen LogP contribution in [0.5, 0.6) is 0 Å². The molecule has 2 rings (SSSR count). The molecule has 0 bridgehead atoms. The molecule has 1 saturated carbocycles. The third-order valence-corrected chi connectivity index (χ3v) is 4.72. The summed E-state index contributed by atoms with van der Waals surface area (Å²) in [6, 6.07) is 0. The maximum atomic E-state index is 9.97. The topological polar surface area (TPSA) is 79.2 Å². The van der Waals surface area contributed by atoms with Crippen LogP contribution in [0.4, 0.5) is 0 Å². The zero-order valence-corrected chi connectivity index (χ0v) is 12.6. The number of aliphatic hydroxyl groups is 3. The summed E-state index contributed by atoms with van der Waals surface area (Å²) in [6.07, 6.45) is -0.957. The van der Waals surface area contributed by atoms with Gasteiger partial charge in [0, 0.05) is 0 Å². The summed E-state index contributed by atoms with van der Waals surface area (Å²) >= 11 is 0. The molecule has 0 radical (unpaired) electrons. The van der Waals surface area contributed by atoms with Gasteiger partial charge >= 0.3 is 0 Å². The molecular weight excluding hydrogens is 260 g/mol. The summed E-state index contributed by atoms with van der Waals surface area (Å²) in [6.45, 7) is 6.59. The van der Waals surface area contributed by atoms with Crippen molar-refractivity contribution in [1.82, 2.24) is 0 Å². The lowest BCUT2D eigenvalue weighted by Gasteiger charge is -2.42. The summed E-state index contributed by atoms with van der Waals surface area (Å²) in [5.74, 6) is 1.57. The van der Waals surface area contributed by atoms with Gasteiger partial charge in [-0.15, -0.1) is 0 Å². The molecule has 3 N–H and O–H groups in total. The predicted molar refractivity (Wildman–Crippen MR) is 74.0 cm³/mol. The van der Waals surface area contributed by atoms with Crippen molar-refractivity contribution in [3.05, 3.63) is 0 Å². The molecule has 5 nitrogen and oxygen atoms in total. The third-order valence-electron chi connectivity index (χ3n) is 4.72. The van der Waals surface area contributed by atoms with Gasteiger partial charge in [-0.2, -0.15) is 0 Å². The van der Waals surface area contributed by atoms with Crippen LogP contribution in [-0.2, 0) is 9.47 Å². The molecule has 0 aromatic rings. The average Bonchev–Trinajstić information content (AvgIpc) is 2.39. The number of aliphatic hydroxyl groups excluding tert-OH is 3. The Kier molecular flexibility index (Phi) is 5.42. The second-order valence-corrected chi connectivity index (χ2v) is 6.75. The van der Waals surface area contributed by atoms with Crippen LogP contribution in [0.15, 0.2) is 0 Å². The van der Waals surface area contributed by atoms with E-state index in [1.54, 1.807) is 0 Å².